The molecule has 0 aromatic heterocycles. The molecule has 1 N–H and O–H groups in total. The van der Waals surface area contributed by atoms with Gasteiger partial charge in [0.15, 0.2) is 0 Å². The maximum Gasteiger partial charge on any atom is 0.242 e. The lowest BCUT2D eigenvalue weighted by Crippen LogP contribution is -2.50. The highest BCUT2D eigenvalue weighted by Gasteiger charge is 2.27. The van der Waals surface area contributed by atoms with Crippen molar-refractivity contribution in [1.82, 2.24) is 10.2 Å². The van der Waals surface area contributed by atoms with Crippen LogP contribution in [0.4, 0.5) is 0 Å². The molecule has 4 nitrogen and oxygen atoms in total. The minimum absolute atomic E-state index is 0.0338. The number of thioether (sulfide) groups is 1. The normalized spacial score (nSPS) is 12.8. The maximum atomic E-state index is 13.2. The predicted molar refractivity (Wildman–Crippen MR) is 132 cm³/mol. The number of nitrogens with zero attached hydrogens (tertiary/aromatic N) is 1. The molecule has 7 heteroatoms. The van der Waals surface area contributed by atoms with Gasteiger partial charge in [-0.15, -0.1) is 11.8 Å². The van der Waals surface area contributed by atoms with Gasteiger partial charge < -0.3 is 10.2 Å². The Morgan fingerprint density at radius 1 is 1.10 bits per heavy atom. The van der Waals surface area contributed by atoms with Gasteiger partial charge in [0.05, 0.1) is 5.75 Å². The number of aryl methyl sites for hydroxylation is 1. The molecule has 2 aromatic carbocycles. The van der Waals surface area contributed by atoms with Gasteiger partial charge in [0.2, 0.25) is 11.8 Å². The highest BCUT2D eigenvalue weighted by molar-refractivity contribution is 7.99. The highest BCUT2D eigenvalue weighted by Crippen LogP contribution is 2.27. The average molecular weight is 481 g/mol. The Kier molecular flexibility index (Phi) is 10.2. The number of amides is 2. The van der Waals surface area contributed by atoms with Crippen molar-refractivity contribution in [3.8, 4) is 0 Å². The van der Waals surface area contributed by atoms with Gasteiger partial charge >= 0.3 is 0 Å². The first-order valence-electron chi connectivity index (χ1n) is 10.4. The lowest BCUT2D eigenvalue weighted by molar-refractivity contribution is -0.138. The Balaban J connectivity index is 2.15. The molecule has 2 amide bonds. The number of carbonyl (C=O) groups excluding carboxylic acids is 2. The van der Waals surface area contributed by atoms with E-state index in [-0.39, 0.29) is 30.2 Å². The molecule has 0 aliphatic rings. The van der Waals surface area contributed by atoms with E-state index in [0.717, 1.165) is 12.2 Å². The predicted octanol–water partition coefficient (Wildman–Crippen LogP) is 5.87. The fourth-order valence-corrected chi connectivity index (χ4v) is 4.42. The molecule has 0 saturated carbocycles. The van der Waals surface area contributed by atoms with E-state index in [1.54, 1.807) is 30.0 Å². The van der Waals surface area contributed by atoms with Crippen LogP contribution < -0.4 is 5.32 Å². The third-order valence-electron chi connectivity index (χ3n) is 5.14. The van der Waals surface area contributed by atoms with Crippen molar-refractivity contribution in [3.63, 3.8) is 0 Å². The Morgan fingerprint density at radius 3 is 2.35 bits per heavy atom. The highest BCUT2D eigenvalue weighted by atomic mass is 35.5. The average Bonchev–Trinajstić information content (AvgIpc) is 2.73. The molecule has 0 spiro atoms. The summed E-state index contributed by atoms with van der Waals surface area (Å²) in [5.41, 5.74) is 3.00. The van der Waals surface area contributed by atoms with Crippen LogP contribution in [-0.2, 0) is 21.9 Å². The van der Waals surface area contributed by atoms with Gasteiger partial charge in [-0.1, -0.05) is 66.0 Å². The topological polar surface area (TPSA) is 49.4 Å². The fraction of sp³-hybridized carbons (Fsp3) is 0.417. The fourth-order valence-electron chi connectivity index (χ4n) is 3.04. The van der Waals surface area contributed by atoms with Crippen molar-refractivity contribution in [2.24, 2.45) is 0 Å². The van der Waals surface area contributed by atoms with Crippen LogP contribution in [-0.4, -0.2) is 34.6 Å². The van der Waals surface area contributed by atoms with Crippen LogP contribution in [0, 0.1) is 6.92 Å². The largest absolute Gasteiger partial charge is 0.352 e. The molecule has 2 aromatic rings. The molecular formula is C24H30Cl2N2O2S. The van der Waals surface area contributed by atoms with Gasteiger partial charge in [0.25, 0.3) is 0 Å². The van der Waals surface area contributed by atoms with E-state index in [4.69, 9.17) is 23.2 Å². The van der Waals surface area contributed by atoms with Crippen LogP contribution in [0.15, 0.2) is 42.5 Å². The van der Waals surface area contributed by atoms with Gasteiger partial charge in [-0.05, 0) is 44.9 Å². The number of hydrogen-bond donors (Lipinski definition) is 1. The van der Waals surface area contributed by atoms with E-state index >= 15 is 0 Å². The molecule has 2 rings (SSSR count). The monoisotopic (exact) mass is 480 g/mol. The molecule has 0 unspecified atom stereocenters. The summed E-state index contributed by atoms with van der Waals surface area (Å²) in [5.74, 6) is 0.674. The van der Waals surface area contributed by atoms with E-state index in [9.17, 15) is 9.59 Å². The minimum atomic E-state index is -0.645. The van der Waals surface area contributed by atoms with Gasteiger partial charge in [-0.3, -0.25) is 9.59 Å². The Hall–Kier alpha value is -1.69. The second-order valence-electron chi connectivity index (χ2n) is 7.70. The minimum Gasteiger partial charge on any atom is -0.352 e. The SMILES string of the molecule is CC[C@H](C)NC(=O)[C@@H](C)N(Cc1c(Cl)cccc1Cl)C(=O)CSCc1cccc(C)c1. The zero-order valence-corrected chi connectivity index (χ0v) is 20.8. The molecule has 0 radical (unpaired) electrons. The van der Waals surface area contributed by atoms with Crippen molar-refractivity contribution in [3.05, 3.63) is 69.2 Å². The molecule has 31 heavy (non-hydrogen) atoms. The second kappa shape index (κ2) is 12.4. The van der Waals surface area contributed by atoms with Crippen molar-refractivity contribution in [1.29, 1.82) is 0 Å². The van der Waals surface area contributed by atoms with Crippen molar-refractivity contribution < 1.29 is 9.59 Å². The third-order valence-corrected chi connectivity index (χ3v) is 6.83. The first-order chi connectivity index (χ1) is 14.7. The number of carbonyl (C=O) groups is 2. The first-order valence-corrected chi connectivity index (χ1v) is 12.3. The van der Waals surface area contributed by atoms with E-state index in [1.165, 1.54) is 22.9 Å². The quantitative estimate of drug-likeness (QED) is 0.462. The molecule has 0 saturated heterocycles. The second-order valence-corrected chi connectivity index (χ2v) is 9.50. The number of halogens is 2. The van der Waals surface area contributed by atoms with Crippen molar-refractivity contribution >= 4 is 46.8 Å². The number of nitrogens with one attached hydrogen (secondary N) is 1. The lowest BCUT2D eigenvalue weighted by Gasteiger charge is -2.30. The van der Waals surface area contributed by atoms with Crippen LogP contribution >= 0.6 is 35.0 Å². The van der Waals surface area contributed by atoms with E-state index < -0.39 is 6.04 Å². The lowest BCUT2D eigenvalue weighted by atomic mass is 10.1. The number of hydrogen-bond acceptors (Lipinski definition) is 3. The first kappa shape index (κ1) is 25.6. The third kappa shape index (κ3) is 7.74. The van der Waals surface area contributed by atoms with E-state index in [0.29, 0.717) is 15.6 Å². The zero-order chi connectivity index (χ0) is 23.0. The molecule has 0 aliphatic carbocycles. The van der Waals surface area contributed by atoms with E-state index in [2.05, 4.69) is 11.4 Å². The van der Waals surface area contributed by atoms with Crippen LogP contribution in [0.2, 0.25) is 10.0 Å². The summed E-state index contributed by atoms with van der Waals surface area (Å²) in [6.07, 6.45) is 0.815. The maximum absolute atomic E-state index is 13.2. The van der Waals surface area contributed by atoms with Crippen molar-refractivity contribution in [2.45, 2.75) is 58.5 Å². The summed E-state index contributed by atoms with van der Waals surface area (Å²) in [6.45, 7) is 7.92. The van der Waals surface area contributed by atoms with Gasteiger partial charge in [0.1, 0.15) is 6.04 Å². The molecule has 0 bridgehead atoms. The molecular weight excluding hydrogens is 451 g/mol. The summed E-state index contributed by atoms with van der Waals surface area (Å²) in [7, 11) is 0. The van der Waals surface area contributed by atoms with Gasteiger partial charge in [-0.2, -0.15) is 0 Å². The summed E-state index contributed by atoms with van der Waals surface area (Å²) < 4.78 is 0. The molecule has 0 heterocycles. The zero-order valence-electron chi connectivity index (χ0n) is 18.5. The Labute approximate surface area is 199 Å². The van der Waals surface area contributed by atoms with Gasteiger partial charge in [0, 0.05) is 33.9 Å². The Morgan fingerprint density at radius 2 is 1.74 bits per heavy atom. The molecule has 2 atom stereocenters. The molecule has 168 valence electrons. The molecule has 0 fully saturated rings. The van der Waals surface area contributed by atoms with Crippen molar-refractivity contribution in [2.75, 3.05) is 5.75 Å². The Bertz CT molecular complexity index is 887. The molecule has 0 aliphatic heterocycles. The summed E-state index contributed by atoms with van der Waals surface area (Å²) >= 11 is 14.2. The van der Waals surface area contributed by atoms with Crippen LogP contribution in [0.3, 0.4) is 0 Å². The summed E-state index contributed by atoms with van der Waals surface area (Å²) in [4.78, 5) is 27.5. The van der Waals surface area contributed by atoms with Crippen LogP contribution in [0.5, 0.6) is 0 Å². The number of rotatable bonds is 10. The summed E-state index contributed by atoms with van der Waals surface area (Å²) in [6, 6.07) is 12.8. The standard InChI is InChI=1S/C24H30Cl2N2O2S/c1-5-17(3)27-24(30)18(4)28(13-20-21(25)10-7-11-22(20)26)23(29)15-31-14-19-9-6-8-16(2)12-19/h6-12,17-18H,5,13-15H2,1-4H3,(H,27,30)/t17-,18+/m0/s1. The van der Waals surface area contributed by atoms with Crippen LogP contribution in [0.1, 0.15) is 43.9 Å². The number of benzene rings is 2. The van der Waals surface area contributed by atoms with Crippen LogP contribution in [0.25, 0.3) is 0 Å². The van der Waals surface area contributed by atoms with Gasteiger partial charge in [-0.25, -0.2) is 0 Å². The summed E-state index contributed by atoms with van der Waals surface area (Å²) in [5, 5.41) is 3.92. The van der Waals surface area contributed by atoms with E-state index in [1.807, 2.05) is 39.0 Å². The smallest absolute Gasteiger partial charge is 0.242 e.